The van der Waals surface area contributed by atoms with Crippen LogP contribution in [0, 0.1) is 5.92 Å². The first-order valence-electron chi connectivity index (χ1n) is 4.90. The summed E-state index contributed by atoms with van der Waals surface area (Å²) in [5.41, 5.74) is 0. The number of carbonyl (C=O) groups is 1. The molecular formula is C9H16N2O2. The number of nitrogens with zero attached hydrogens (tertiary/aromatic N) is 1. The molecule has 2 amide bonds. The maximum atomic E-state index is 11.6. The Balaban J connectivity index is 1.75. The number of nitrogens with one attached hydrogen (secondary N) is 1. The van der Waals surface area contributed by atoms with Crippen molar-refractivity contribution >= 4 is 6.03 Å². The van der Waals surface area contributed by atoms with Gasteiger partial charge in [-0.2, -0.15) is 0 Å². The van der Waals surface area contributed by atoms with E-state index in [9.17, 15) is 4.79 Å². The van der Waals surface area contributed by atoms with Crippen molar-refractivity contribution in [3.05, 3.63) is 0 Å². The smallest absolute Gasteiger partial charge is 0.317 e. The molecule has 1 saturated carbocycles. The number of hydrogen-bond donors (Lipinski definition) is 1. The molecule has 0 aromatic heterocycles. The lowest BCUT2D eigenvalue weighted by molar-refractivity contribution is 0.0530. The van der Waals surface area contributed by atoms with Gasteiger partial charge in [0.05, 0.1) is 13.2 Å². The largest absolute Gasteiger partial charge is 0.378 e. The molecule has 2 unspecified atom stereocenters. The van der Waals surface area contributed by atoms with Crippen molar-refractivity contribution in [2.24, 2.45) is 5.92 Å². The lowest BCUT2D eigenvalue weighted by Crippen LogP contribution is -2.47. The Bertz CT molecular complexity index is 202. The zero-order valence-corrected chi connectivity index (χ0v) is 7.95. The Morgan fingerprint density at radius 3 is 2.62 bits per heavy atom. The Morgan fingerprint density at radius 2 is 2.08 bits per heavy atom. The Kier molecular flexibility index (Phi) is 2.40. The summed E-state index contributed by atoms with van der Waals surface area (Å²) in [7, 11) is 0. The molecule has 2 rings (SSSR count). The fourth-order valence-electron chi connectivity index (χ4n) is 1.54. The molecule has 0 radical (unpaired) electrons. The third kappa shape index (κ3) is 2.12. The number of urea groups is 1. The van der Waals surface area contributed by atoms with Crippen LogP contribution in [0.25, 0.3) is 0 Å². The Labute approximate surface area is 78.2 Å². The van der Waals surface area contributed by atoms with Crippen molar-refractivity contribution in [3.8, 4) is 0 Å². The summed E-state index contributed by atoms with van der Waals surface area (Å²) in [4.78, 5) is 13.4. The molecule has 0 aromatic carbocycles. The maximum absolute atomic E-state index is 11.6. The van der Waals surface area contributed by atoms with Gasteiger partial charge in [0.1, 0.15) is 0 Å². The number of morpholine rings is 1. The van der Waals surface area contributed by atoms with Crippen LogP contribution in [0.1, 0.15) is 13.3 Å². The summed E-state index contributed by atoms with van der Waals surface area (Å²) in [6.45, 7) is 4.96. The number of hydrogen-bond acceptors (Lipinski definition) is 2. The molecule has 0 aromatic rings. The summed E-state index contributed by atoms with van der Waals surface area (Å²) in [5.74, 6) is 0.671. The van der Waals surface area contributed by atoms with E-state index in [1.807, 2.05) is 4.90 Å². The number of amides is 2. The zero-order valence-electron chi connectivity index (χ0n) is 7.95. The SMILES string of the molecule is CC1CC1NC(=O)N1CCOCC1. The van der Waals surface area contributed by atoms with E-state index in [0.717, 1.165) is 19.5 Å². The molecule has 1 aliphatic heterocycles. The lowest BCUT2D eigenvalue weighted by Gasteiger charge is -2.26. The molecule has 4 nitrogen and oxygen atoms in total. The first-order valence-corrected chi connectivity index (χ1v) is 4.90. The molecule has 2 atom stereocenters. The van der Waals surface area contributed by atoms with Gasteiger partial charge in [0, 0.05) is 19.1 Å². The van der Waals surface area contributed by atoms with Gasteiger partial charge in [-0.25, -0.2) is 4.79 Å². The molecule has 1 aliphatic carbocycles. The van der Waals surface area contributed by atoms with Crippen molar-refractivity contribution in [3.63, 3.8) is 0 Å². The van der Waals surface area contributed by atoms with Gasteiger partial charge in [-0.15, -0.1) is 0 Å². The fourth-order valence-corrected chi connectivity index (χ4v) is 1.54. The average molecular weight is 184 g/mol. The molecule has 13 heavy (non-hydrogen) atoms. The summed E-state index contributed by atoms with van der Waals surface area (Å²) in [6.07, 6.45) is 1.14. The molecule has 0 spiro atoms. The van der Waals surface area contributed by atoms with Crippen molar-refractivity contribution in [1.82, 2.24) is 10.2 Å². The second-order valence-electron chi connectivity index (χ2n) is 3.87. The summed E-state index contributed by atoms with van der Waals surface area (Å²) in [5, 5.41) is 3.00. The van der Waals surface area contributed by atoms with Crippen LogP contribution < -0.4 is 5.32 Å². The van der Waals surface area contributed by atoms with Gasteiger partial charge in [0.15, 0.2) is 0 Å². The third-order valence-electron chi connectivity index (χ3n) is 2.72. The van der Waals surface area contributed by atoms with Crippen LogP contribution in [0.3, 0.4) is 0 Å². The van der Waals surface area contributed by atoms with E-state index in [1.54, 1.807) is 0 Å². The fraction of sp³-hybridized carbons (Fsp3) is 0.889. The number of rotatable bonds is 1. The molecule has 4 heteroatoms. The van der Waals surface area contributed by atoms with Gasteiger partial charge in [-0.1, -0.05) is 6.92 Å². The minimum Gasteiger partial charge on any atom is -0.378 e. The molecule has 74 valence electrons. The molecular weight excluding hydrogens is 168 g/mol. The van der Waals surface area contributed by atoms with Crippen LogP contribution in [-0.4, -0.2) is 43.3 Å². The van der Waals surface area contributed by atoms with E-state index < -0.39 is 0 Å². The molecule has 0 bridgehead atoms. The number of ether oxygens (including phenoxy) is 1. The highest BCUT2D eigenvalue weighted by atomic mass is 16.5. The highest BCUT2D eigenvalue weighted by Crippen LogP contribution is 2.29. The standard InChI is InChI=1S/C9H16N2O2/c1-7-6-8(7)10-9(12)11-2-4-13-5-3-11/h7-8H,2-6H2,1H3,(H,10,12). The quantitative estimate of drug-likeness (QED) is 0.642. The topological polar surface area (TPSA) is 41.6 Å². The summed E-state index contributed by atoms with van der Waals surface area (Å²) >= 11 is 0. The van der Waals surface area contributed by atoms with Crippen molar-refractivity contribution in [2.75, 3.05) is 26.3 Å². The average Bonchev–Trinajstić information content (AvgIpc) is 2.83. The van der Waals surface area contributed by atoms with Gasteiger partial charge in [-0.05, 0) is 12.3 Å². The highest BCUT2D eigenvalue weighted by Gasteiger charge is 2.35. The Morgan fingerprint density at radius 1 is 1.46 bits per heavy atom. The first kappa shape index (κ1) is 8.81. The Hall–Kier alpha value is -0.770. The molecule has 1 saturated heterocycles. The van der Waals surface area contributed by atoms with Gasteiger partial charge < -0.3 is 15.0 Å². The van der Waals surface area contributed by atoms with E-state index in [1.165, 1.54) is 0 Å². The third-order valence-corrected chi connectivity index (χ3v) is 2.72. The van der Waals surface area contributed by atoms with Crippen molar-refractivity contribution in [1.29, 1.82) is 0 Å². The van der Waals surface area contributed by atoms with E-state index in [4.69, 9.17) is 4.74 Å². The monoisotopic (exact) mass is 184 g/mol. The van der Waals surface area contributed by atoms with Gasteiger partial charge in [0.25, 0.3) is 0 Å². The number of carbonyl (C=O) groups excluding carboxylic acids is 1. The van der Waals surface area contributed by atoms with Crippen molar-refractivity contribution in [2.45, 2.75) is 19.4 Å². The summed E-state index contributed by atoms with van der Waals surface area (Å²) < 4.78 is 5.17. The van der Waals surface area contributed by atoms with Crippen LogP contribution in [-0.2, 0) is 4.74 Å². The zero-order chi connectivity index (χ0) is 9.26. The van der Waals surface area contributed by atoms with E-state index in [0.29, 0.717) is 25.2 Å². The second-order valence-corrected chi connectivity index (χ2v) is 3.87. The van der Waals surface area contributed by atoms with E-state index >= 15 is 0 Å². The molecule has 1 heterocycles. The second kappa shape index (κ2) is 3.54. The van der Waals surface area contributed by atoms with E-state index in [-0.39, 0.29) is 6.03 Å². The highest BCUT2D eigenvalue weighted by molar-refractivity contribution is 5.75. The van der Waals surface area contributed by atoms with Gasteiger partial charge in [-0.3, -0.25) is 0 Å². The molecule has 2 fully saturated rings. The van der Waals surface area contributed by atoms with Crippen LogP contribution in [0.15, 0.2) is 0 Å². The van der Waals surface area contributed by atoms with Crippen LogP contribution >= 0.6 is 0 Å². The maximum Gasteiger partial charge on any atom is 0.317 e. The van der Waals surface area contributed by atoms with Crippen LogP contribution in [0.4, 0.5) is 4.79 Å². The van der Waals surface area contributed by atoms with Crippen molar-refractivity contribution < 1.29 is 9.53 Å². The summed E-state index contributed by atoms with van der Waals surface area (Å²) in [6, 6.07) is 0.507. The molecule has 1 N–H and O–H groups in total. The minimum absolute atomic E-state index is 0.0812. The normalized spacial score (nSPS) is 32.8. The first-order chi connectivity index (χ1) is 6.27. The predicted octanol–water partition coefficient (Wildman–Crippen LogP) is 0.437. The lowest BCUT2D eigenvalue weighted by atomic mass is 10.4. The van der Waals surface area contributed by atoms with E-state index in [2.05, 4.69) is 12.2 Å². The molecule has 2 aliphatic rings. The van der Waals surface area contributed by atoms with Crippen LogP contribution in [0.2, 0.25) is 0 Å². The van der Waals surface area contributed by atoms with Crippen LogP contribution in [0.5, 0.6) is 0 Å². The van der Waals surface area contributed by atoms with Gasteiger partial charge >= 0.3 is 6.03 Å². The van der Waals surface area contributed by atoms with Gasteiger partial charge in [0.2, 0.25) is 0 Å². The minimum atomic E-state index is 0.0812. The predicted molar refractivity (Wildman–Crippen MR) is 48.5 cm³/mol.